The van der Waals surface area contributed by atoms with Crippen LogP contribution in [0.5, 0.6) is 0 Å². The van der Waals surface area contributed by atoms with E-state index < -0.39 is 14.4 Å². The first-order valence-corrected chi connectivity index (χ1v) is 4.90. The zero-order valence-corrected chi connectivity index (χ0v) is 6.59. The minimum absolute atomic E-state index is 0.171. The molecule has 0 spiro atoms. The number of hydrogen-bond donors (Lipinski definition) is 0. The van der Waals surface area contributed by atoms with E-state index in [4.69, 9.17) is 22.3 Å². The molecule has 0 radical (unpaired) electrons. The molecule has 0 aromatic rings. The normalized spacial score (nSPS) is 15.9. The summed E-state index contributed by atoms with van der Waals surface area (Å²) in [5, 5.41) is -0.405. The van der Waals surface area contributed by atoms with E-state index in [9.17, 15) is 8.42 Å². The Morgan fingerprint density at radius 1 is 1.62 bits per heavy atom. The molecular formula is C3H6Cl2O2S. The van der Waals surface area contributed by atoms with Crippen LogP contribution in [0.15, 0.2) is 0 Å². The molecule has 1 atom stereocenters. The van der Waals surface area contributed by atoms with Crippen molar-refractivity contribution in [3.05, 3.63) is 0 Å². The van der Waals surface area contributed by atoms with Crippen molar-refractivity contribution in [3.63, 3.8) is 0 Å². The molecule has 0 N–H and O–H groups in total. The van der Waals surface area contributed by atoms with Gasteiger partial charge in [0.15, 0.2) is 0 Å². The summed E-state index contributed by atoms with van der Waals surface area (Å²) in [7, 11) is 1.43. The highest BCUT2D eigenvalue weighted by molar-refractivity contribution is 8.13. The van der Waals surface area contributed by atoms with Gasteiger partial charge in [0.2, 0.25) is 9.05 Å². The molecule has 0 aromatic carbocycles. The lowest BCUT2D eigenvalue weighted by Crippen LogP contribution is -2.06. The van der Waals surface area contributed by atoms with Crippen LogP contribution in [-0.2, 0) is 9.05 Å². The fraction of sp³-hybridized carbons (Fsp3) is 1.00. The second-order valence-electron chi connectivity index (χ2n) is 1.49. The molecule has 2 nitrogen and oxygen atoms in total. The van der Waals surface area contributed by atoms with E-state index >= 15 is 0 Å². The largest absolute Gasteiger partial charge is 0.234 e. The molecule has 0 aromatic heterocycles. The van der Waals surface area contributed by atoms with E-state index in [-0.39, 0.29) is 5.75 Å². The Balaban J connectivity index is 3.75. The van der Waals surface area contributed by atoms with Gasteiger partial charge in [0.25, 0.3) is 0 Å². The van der Waals surface area contributed by atoms with Crippen molar-refractivity contribution in [2.45, 2.75) is 12.3 Å². The molecule has 50 valence electrons. The molecule has 0 aliphatic carbocycles. The number of hydrogen-bond acceptors (Lipinski definition) is 2. The van der Waals surface area contributed by atoms with Crippen LogP contribution in [0.4, 0.5) is 0 Å². The van der Waals surface area contributed by atoms with Crippen LogP contribution in [0.25, 0.3) is 0 Å². The Morgan fingerprint density at radius 2 is 2.00 bits per heavy atom. The van der Waals surface area contributed by atoms with Crippen LogP contribution in [0, 0.1) is 0 Å². The molecule has 5 heteroatoms. The predicted molar refractivity (Wildman–Crippen MR) is 35.0 cm³/mol. The second kappa shape index (κ2) is 2.90. The summed E-state index contributed by atoms with van der Waals surface area (Å²) in [6.07, 6.45) is 0. The minimum atomic E-state index is -3.38. The molecule has 0 fully saturated rings. The molecule has 1 unspecified atom stereocenters. The van der Waals surface area contributed by atoms with E-state index in [1.807, 2.05) is 0 Å². The SMILES string of the molecule is CC(Cl)CS(=O)(=O)Cl. The zero-order chi connectivity index (χ0) is 6.78. The summed E-state index contributed by atoms with van der Waals surface area (Å²) < 4.78 is 20.2. The molecule has 0 heterocycles. The Hall–Kier alpha value is 0.530. The topological polar surface area (TPSA) is 34.1 Å². The van der Waals surface area contributed by atoms with Crippen molar-refractivity contribution >= 4 is 31.3 Å². The molecular weight excluding hydrogens is 171 g/mol. The molecule has 0 amide bonds. The van der Waals surface area contributed by atoms with Gasteiger partial charge in [-0.25, -0.2) is 8.42 Å². The van der Waals surface area contributed by atoms with Gasteiger partial charge in [-0.15, -0.1) is 11.6 Å². The Kier molecular flexibility index (Phi) is 3.09. The van der Waals surface area contributed by atoms with Crippen LogP contribution >= 0.6 is 22.3 Å². The molecule has 8 heavy (non-hydrogen) atoms. The van der Waals surface area contributed by atoms with Crippen molar-refractivity contribution in [1.82, 2.24) is 0 Å². The van der Waals surface area contributed by atoms with Gasteiger partial charge in [0.05, 0.1) is 5.75 Å². The lowest BCUT2D eigenvalue weighted by molar-refractivity contribution is 0.608. The maximum atomic E-state index is 10.1. The van der Waals surface area contributed by atoms with E-state index in [0.717, 1.165) is 0 Å². The van der Waals surface area contributed by atoms with Crippen molar-refractivity contribution in [2.24, 2.45) is 0 Å². The van der Waals surface area contributed by atoms with E-state index in [2.05, 4.69) is 0 Å². The third-order valence-corrected chi connectivity index (χ3v) is 2.04. The first-order chi connectivity index (χ1) is 3.42. The van der Waals surface area contributed by atoms with E-state index in [1.54, 1.807) is 6.92 Å². The number of halogens is 2. The highest BCUT2D eigenvalue weighted by Gasteiger charge is 2.08. The second-order valence-corrected chi connectivity index (χ2v) is 5.05. The standard InChI is InChI=1S/C3H6Cl2O2S/c1-3(4)2-8(5,6)7/h3H,2H2,1H3. The molecule has 0 rings (SSSR count). The summed E-state index contributed by atoms with van der Waals surface area (Å²) in [4.78, 5) is 0. The first-order valence-electron chi connectivity index (χ1n) is 1.98. The van der Waals surface area contributed by atoms with Gasteiger partial charge in [-0.2, -0.15) is 0 Å². The van der Waals surface area contributed by atoms with E-state index in [1.165, 1.54) is 0 Å². The van der Waals surface area contributed by atoms with Crippen LogP contribution in [-0.4, -0.2) is 19.5 Å². The lowest BCUT2D eigenvalue weighted by Gasteiger charge is -1.94. The van der Waals surface area contributed by atoms with Crippen LogP contribution in [0.3, 0.4) is 0 Å². The highest BCUT2D eigenvalue weighted by atomic mass is 35.7. The lowest BCUT2D eigenvalue weighted by atomic mass is 10.6. The van der Waals surface area contributed by atoms with Crippen molar-refractivity contribution in [1.29, 1.82) is 0 Å². The Bertz CT molecular complexity index is 149. The Morgan fingerprint density at radius 3 is 2.00 bits per heavy atom. The molecule has 0 aliphatic rings. The summed E-state index contributed by atoms with van der Waals surface area (Å²) >= 11 is 5.30. The van der Waals surface area contributed by atoms with Gasteiger partial charge in [0, 0.05) is 16.1 Å². The maximum absolute atomic E-state index is 10.1. The van der Waals surface area contributed by atoms with Gasteiger partial charge >= 0.3 is 0 Å². The fourth-order valence-electron chi connectivity index (χ4n) is 0.274. The maximum Gasteiger partial charge on any atom is 0.234 e. The van der Waals surface area contributed by atoms with Crippen LogP contribution < -0.4 is 0 Å². The summed E-state index contributed by atoms with van der Waals surface area (Å²) in [6.45, 7) is 1.57. The van der Waals surface area contributed by atoms with Crippen molar-refractivity contribution < 1.29 is 8.42 Å². The minimum Gasteiger partial charge on any atom is -0.212 e. The van der Waals surface area contributed by atoms with Crippen LogP contribution in [0.1, 0.15) is 6.92 Å². The quantitative estimate of drug-likeness (QED) is 0.468. The van der Waals surface area contributed by atoms with Gasteiger partial charge in [-0.1, -0.05) is 0 Å². The third-order valence-electron chi connectivity index (χ3n) is 0.429. The summed E-state index contributed by atoms with van der Waals surface area (Å²) in [5.41, 5.74) is 0. The number of rotatable bonds is 2. The smallest absolute Gasteiger partial charge is 0.212 e. The first kappa shape index (κ1) is 8.53. The number of alkyl halides is 1. The predicted octanol–water partition coefficient (Wildman–Crippen LogP) is 1.18. The van der Waals surface area contributed by atoms with Gasteiger partial charge < -0.3 is 0 Å². The zero-order valence-electron chi connectivity index (χ0n) is 4.27. The highest BCUT2D eigenvalue weighted by Crippen LogP contribution is 2.03. The Labute approximate surface area is 58.2 Å². The van der Waals surface area contributed by atoms with Gasteiger partial charge in [-0.05, 0) is 6.92 Å². The average Bonchev–Trinajstić information content (AvgIpc) is 1.21. The average molecular weight is 177 g/mol. The van der Waals surface area contributed by atoms with E-state index in [0.29, 0.717) is 0 Å². The fourth-order valence-corrected chi connectivity index (χ4v) is 2.08. The van der Waals surface area contributed by atoms with Crippen molar-refractivity contribution in [3.8, 4) is 0 Å². The van der Waals surface area contributed by atoms with Gasteiger partial charge in [0.1, 0.15) is 0 Å². The summed E-state index contributed by atoms with van der Waals surface area (Å²) in [5.74, 6) is -0.171. The molecule has 0 saturated carbocycles. The molecule has 0 aliphatic heterocycles. The van der Waals surface area contributed by atoms with Gasteiger partial charge in [-0.3, -0.25) is 0 Å². The summed E-state index contributed by atoms with van der Waals surface area (Å²) in [6, 6.07) is 0. The van der Waals surface area contributed by atoms with Crippen LogP contribution in [0.2, 0.25) is 0 Å². The van der Waals surface area contributed by atoms with Crippen molar-refractivity contribution in [2.75, 3.05) is 5.75 Å². The molecule has 0 saturated heterocycles. The molecule has 0 bridgehead atoms. The monoisotopic (exact) mass is 176 g/mol. The third kappa shape index (κ3) is 6.53.